The minimum Gasteiger partial charge on any atom is -0.494 e. The summed E-state index contributed by atoms with van der Waals surface area (Å²) in [7, 11) is 0. The van der Waals surface area contributed by atoms with E-state index in [2.05, 4.69) is 15.6 Å². The largest absolute Gasteiger partial charge is 0.494 e. The molecule has 3 rings (SSSR count). The highest BCUT2D eigenvalue weighted by Gasteiger charge is 2.21. The number of carbonyl (C=O) groups is 1. The highest BCUT2D eigenvalue weighted by molar-refractivity contribution is 7.22. The molecule has 6 heteroatoms. The molecule has 0 spiro atoms. The van der Waals surface area contributed by atoms with Crippen molar-refractivity contribution in [3.63, 3.8) is 0 Å². The number of anilines is 1. The summed E-state index contributed by atoms with van der Waals surface area (Å²) in [6, 6.07) is 5.70. The van der Waals surface area contributed by atoms with Crippen LogP contribution >= 0.6 is 11.3 Å². The van der Waals surface area contributed by atoms with Crippen molar-refractivity contribution >= 4 is 32.6 Å². The summed E-state index contributed by atoms with van der Waals surface area (Å²) < 4.78 is 6.50. The summed E-state index contributed by atoms with van der Waals surface area (Å²) >= 11 is 1.48. The number of rotatable bonds is 4. The molecule has 0 bridgehead atoms. The van der Waals surface area contributed by atoms with E-state index in [1.807, 2.05) is 25.1 Å². The number of amides is 1. The van der Waals surface area contributed by atoms with Crippen LogP contribution in [0.1, 0.15) is 26.2 Å². The Kier molecular flexibility index (Phi) is 4.36. The molecule has 5 nitrogen and oxygen atoms in total. The first-order valence-corrected chi connectivity index (χ1v) is 8.15. The van der Waals surface area contributed by atoms with E-state index in [4.69, 9.17) is 4.74 Å². The maximum absolute atomic E-state index is 12.2. The van der Waals surface area contributed by atoms with E-state index in [1.54, 1.807) is 0 Å². The van der Waals surface area contributed by atoms with Gasteiger partial charge in [0.2, 0.25) is 5.91 Å². The number of aromatic nitrogens is 1. The van der Waals surface area contributed by atoms with E-state index in [0.29, 0.717) is 11.7 Å². The maximum Gasteiger partial charge on any atom is 0.243 e. The van der Waals surface area contributed by atoms with Crippen molar-refractivity contribution in [2.24, 2.45) is 0 Å². The summed E-state index contributed by atoms with van der Waals surface area (Å²) in [4.78, 5) is 16.6. The number of fused-ring (bicyclic) bond motifs is 1. The third kappa shape index (κ3) is 3.33. The Bertz CT molecular complexity index is 635. The molecule has 1 aliphatic rings. The molecule has 1 aromatic heterocycles. The van der Waals surface area contributed by atoms with E-state index in [-0.39, 0.29) is 11.9 Å². The number of piperidine rings is 1. The Hall–Kier alpha value is -1.66. The standard InChI is InChI=1S/C15H19N3O2S/c1-2-20-10-6-7-11-13(9-10)21-15(17-11)18-14(19)12-5-3-4-8-16-12/h6-7,9,12,16H,2-5,8H2,1H3,(H,17,18,19). The zero-order valence-electron chi connectivity index (χ0n) is 12.0. The van der Waals surface area contributed by atoms with Gasteiger partial charge >= 0.3 is 0 Å². The first kappa shape index (κ1) is 14.3. The second-order valence-corrected chi connectivity index (χ2v) is 6.10. The van der Waals surface area contributed by atoms with Crippen LogP contribution in [0.25, 0.3) is 10.2 Å². The maximum atomic E-state index is 12.2. The zero-order valence-corrected chi connectivity index (χ0v) is 12.8. The molecule has 2 heterocycles. The van der Waals surface area contributed by atoms with Crippen molar-refractivity contribution < 1.29 is 9.53 Å². The molecule has 1 amide bonds. The van der Waals surface area contributed by atoms with Crippen LogP contribution < -0.4 is 15.4 Å². The molecular weight excluding hydrogens is 286 g/mol. The third-order valence-electron chi connectivity index (χ3n) is 3.53. The highest BCUT2D eigenvalue weighted by atomic mass is 32.1. The molecular formula is C15H19N3O2S. The van der Waals surface area contributed by atoms with Crippen molar-refractivity contribution in [1.82, 2.24) is 10.3 Å². The van der Waals surface area contributed by atoms with Gasteiger partial charge in [0.25, 0.3) is 0 Å². The molecule has 1 atom stereocenters. The highest BCUT2D eigenvalue weighted by Crippen LogP contribution is 2.29. The number of hydrogen-bond acceptors (Lipinski definition) is 5. The quantitative estimate of drug-likeness (QED) is 0.912. The van der Waals surface area contributed by atoms with Crippen LogP contribution in [0.2, 0.25) is 0 Å². The van der Waals surface area contributed by atoms with Crippen LogP contribution in [0, 0.1) is 0 Å². The number of thiazole rings is 1. The van der Waals surface area contributed by atoms with Gasteiger partial charge in [-0.2, -0.15) is 0 Å². The molecule has 21 heavy (non-hydrogen) atoms. The second-order valence-electron chi connectivity index (χ2n) is 5.07. The lowest BCUT2D eigenvalue weighted by Crippen LogP contribution is -2.43. The fourth-order valence-corrected chi connectivity index (χ4v) is 3.38. The predicted octanol–water partition coefficient (Wildman–Crippen LogP) is 2.78. The van der Waals surface area contributed by atoms with Gasteiger partial charge in [-0.25, -0.2) is 4.98 Å². The SMILES string of the molecule is CCOc1ccc2nc(NC(=O)C3CCCCN3)sc2c1. The lowest BCUT2D eigenvalue weighted by Gasteiger charge is -2.21. The van der Waals surface area contributed by atoms with Crippen molar-refractivity contribution in [3.05, 3.63) is 18.2 Å². The second kappa shape index (κ2) is 6.41. The predicted molar refractivity (Wildman–Crippen MR) is 85.1 cm³/mol. The summed E-state index contributed by atoms with van der Waals surface area (Å²) in [5.41, 5.74) is 0.885. The summed E-state index contributed by atoms with van der Waals surface area (Å²) in [6.07, 6.45) is 3.14. The molecule has 2 N–H and O–H groups in total. The van der Waals surface area contributed by atoms with E-state index in [0.717, 1.165) is 41.8 Å². The first-order chi connectivity index (χ1) is 10.3. The van der Waals surface area contributed by atoms with Crippen LogP contribution in [0.15, 0.2) is 18.2 Å². The Morgan fingerprint density at radius 3 is 3.19 bits per heavy atom. The number of hydrogen-bond donors (Lipinski definition) is 2. The fourth-order valence-electron chi connectivity index (χ4n) is 2.48. The average molecular weight is 305 g/mol. The monoisotopic (exact) mass is 305 g/mol. The molecule has 2 aromatic rings. The number of benzene rings is 1. The number of nitrogens with one attached hydrogen (secondary N) is 2. The van der Waals surface area contributed by atoms with Gasteiger partial charge in [-0.3, -0.25) is 4.79 Å². The van der Waals surface area contributed by atoms with Gasteiger partial charge in [-0.1, -0.05) is 17.8 Å². The van der Waals surface area contributed by atoms with Gasteiger partial charge in [0.05, 0.1) is 22.9 Å². The van der Waals surface area contributed by atoms with Gasteiger partial charge in [-0.05, 0) is 44.5 Å². The molecule has 1 aromatic carbocycles. The van der Waals surface area contributed by atoms with Gasteiger partial charge in [0.1, 0.15) is 5.75 Å². The van der Waals surface area contributed by atoms with Crippen LogP contribution in [-0.2, 0) is 4.79 Å². The Labute approximate surface area is 127 Å². The van der Waals surface area contributed by atoms with Crippen LogP contribution in [0.3, 0.4) is 0 Å². The Morgan fingerprint density at radius 2 is 2.43 bits per heavy atom. The lowest BCUT2D eigenvalue weighted by molar-refractivity contribution is -0.118. The van der Waals surface area contributed by atoms with Gasteiger partial charge < -0.3 is 15.4 Å². The summed E-state index contributed by atoms with van der Waals surface area (Å²) in [6.45, 7) is 3.51. The molecule has 1 aliphatic heterocycles. The van der Waals surface area contributed by atoms with E-state index in [1.165, 1.54) is 11.3 Å². The van der Waals surface area contributed by atoms with Crippen molar-refractivity contribution in [1.29, 1.82) is 0 Å². The van der Waals surface area contributed by atoms with Crippen LogP contribution in [-0.4, -0.2) is 30.1 Å². The molecule has 1 saturated heterocycles. The Balaban J connectivity index is 1.73. The van der Waals surface area contributed by atoms with E-state index in [9.17, 15) is 4.79 Å². The topological polar surface area (TPSA) is 63.2 Å². The number of nitrogens with zero attached hydrogens (tertiary/aromatic N) is 1. The smallest absolute Gasteiger partial charge is 0.243 e. The first-order valence-electron chi connectivity index (χ1n) is 7.34. The molecule has 0 radical (unpaired) electrons. The van der Waals surface area contributed by atoms with Crippen molar-refractivity contribution in [3.8, 4) is 5.75 Å². The number of carbonyl (C=O) groups excluding carboxylic acids is 1. The zero-order chi connectivity index (χ0) is 14.7. The van der Waals surface area contributed by atoms with E-state index < -0.39 is 0 Å². The minimum absolute atomic E-state index is 0.0128. The molecule has 0 aliphatic carbocycles. The van der Waals surface area contributed by atoms with Gasteiger partial charge in [0.15, 0.2) is 5.13 Å². The molecule has 1 fully saturated rings. The third-order valence-corrected chi connectivity index (χ3v) is 4.46. The summed E-state index contributed by atoms with van der Waals surface area (Å²) in [5.74, 6) is 0.847. The molecule has 112 valence electrons. The van der Waals surface area contributed by atoms with Crippen molar-refractivity contribution in [2.75, 3.05) is 18.5 Å². The van der Waals surface area contributed by atoms with E-state index >= 15 is 0 Å². The number of ether oxygens (including phenoxy) is 1. The van der Waals surface area contributed by atoms with Gasteiger partial charge in [0, 0.05) is 0 Å². The molecule has 0 saturated carbocycles. The average Bonchev–Trinajstić information content (AvgIpc) is 2.90. The summed E-state index contributed by atoms with van der Waals surface area (Å²) in [5, 5.41) is 6.81. The molecule has 1 unspecified atom stereocenters. The lowest BCUT2D eigenvalue weighted by atomic mass is 10.0. The van der Waals surface area contributed by atoms with Crippen LogP contribution in [0.5, 0.6) is 5.75 Å². The van der Waals surface area contributed by atoms with Gasteiger partial charge in [-0.15, -0.1) is 0 Å². The van der Waals surface area contributed by atoms with Crippen LogP contribution in [0.4, 0.5) is 5.13 Å². The Morgan fingerprint density at radius 1 is 1.52 bits per heavy atom. The normalized spacial score (nSPS) is 18.6. The minimum atomic E-state index is -0.0928. The van der Waals surface area contributed by atoms with Crippen molar-refractivity contribution in [2.45, 2.75) is 32.2 Å². The fraction of sp³-hybridized carbons (Fsp3) is 0.467.